The summed E-state index contributed by atoms with van der Waals surface area (Å²) in [5.41, 5.74) is -4.06. The van der Waals surface area contributed by atoms with Crippen molar-refractivity contribution in [1.82, 2.24) is 9.80 Å². The van der Waals surface area contributed by atoms with Crippen LogP contribution in [0, 0.1) is 0 Å². The second-order valence-corrected chi connectivity index (χ2v) is 5.93. The Kier molecular flexibility index (Phi) is 6.63. The minimum Gasteiger partial charge on any atom is -0.369 e. The van der Waals surface area contributed by atoms with Gasteiger partial charge in [-0.2, -0.15) is 26.3 Å². The van der Waals surface area contributed by atoms with Crippen LogP contribution in [0.25, 0.3) is 0 Å². The second-order valence-electron chi connectivity index (χ2n) is 5.93. The van der Waals surface area contributed by atoms with Crippen LogP contribution in [0.2, 0.25) is 0 Å². The number of benzene rings is 1. The highest BCUT2D eigenvalue weighted by Crippen LogP contribution is 2.36. The molecule has 1 atom stereocenters. The maximum atomic E-state index is 12.9. The third-order valence-corrected chi connectivity index (χ3v) is 3.51. The molecule has 150 valence electrons. The minimum atomic E-state index is -5.08. The van der Waals surface area contributed by atoms with Gasteiger partial charge in [0.15, 0.2) is 0 Å². The summed E-state index contributed by atoms with van der Waals surface area (Å²) in [6.07, 6.45) is -9.00. The maximum Gasteiger partial charge on any atom is 0.416 e. The standard InChI is InChI=1S/C16H17F6N3O2/c1-9(13(26)23-8-24(2)3)25(4)14(27)10-5-11(15(17,18)19)7-12(6-10)16(20,21)22/h5-9H,1-4H3. The molecule has 0 saturated heterocycles. The Morgan fingerprint density at radius 3 is 1.78 bits per heavy atom. The van der Waals surface area contributed by atoms with Crippen LogP contribution in [0.3, 0.4) is 0 Å². The van der Waals surface area contributed by atoms with Crippen LogP contribution in [-0.4, -0.2) is 55.1 Å². The zero-order chi connectivity index (χ0) is 21.2. The smallest absolute Gasteiger partial charge is 0.369 e. The van der Waals surface area contributed by atoms with Gasteiger partial charge in [0.2, 0.25) is 0 Å². The third kappa shape index (κ3) is 5.97. The molecule has 11 heteroatoms. The van der Waals surface area contributed by atoms with Crippen LogP contribution in [0.15, 0.2) is 23.2 Å². The molecular weight excluding hydrogens is 380 g/mol. The van der Waals surface area contributed by atoms with Crippen LogP contribution in [0.1, 0.15) is 28.4 Å². The summed E-state index contributed by atoms with van der Waals surface area (Å²) < 4.78 is 77.4. The highest BCUT2D eigenvalue weighted by atomic mass is 19.4. The van der Waals surface area contributed by atoms with Gasteiger partial charge in [0, 0.05) is 26.7 Å². The van der Waals surface area contributed by atoms with Gasteiger partial charge < -0.3 is 9.80 Å². The zero-order valence-electron chi connectivity index (χ0n) is 14.8. The first kappa shape index (κ1) is 22.5. The summed E-state index contributed by atoms with van der Waals surface area (Å²) in [4.78, 5) is 30.0. The summed E-state index contributed by atoms with van der Waals surface area (Å²) in [7, 11) is 4.25. The van der Waals surface area contributed by atoms with Crippen molar-refractivity contribution < 1.29 is 35.9 Å². The molecule has 0 radical (unpaired) electrons. The number of amides is 2. The lowest BCUT2D eigenvalue weighted by molar-refractivity contribution is -0.143. The van der Waals surface area contributed by atoms with Crippen LogP contribution in [0.5, 0.6) is 0 Å². The lowest BCUT2D eigenvalue weighted by atomic mass is 10.0. The molecule has 0 aliphatic carbocycles. The average molecular weight is 397 g/mol. The van der Waals surface area contributed by atoms with E-state index in [0.717, 1.165) is 18.3 Å². The van der Waals surface area contributed by atoms with Crippen molar-refractivity contribution >= 4 is 18.2 Å². The molecule has 1 aromatic carbocycles. The van der Waals surface area contributed by atoms with Crippen LogP contribution >= 0.6 is 0 Å². The first-order valence-corrected chi connectivity index (χ1v) is 7.45. The second kappa shape index (κ2) is 7.97. The molecule has 0 bridgehead atoms. The van der Waals surface area contributed by atoms with E-state index in [-0.39, 0.29) is 6.07 Å². The number of halogens is 6. The van der Waals surface area contributed by atoms with Gasteiger partial charge in [-0.15, -0.1) is 0 Å². The molecule has 5 nitrogen and oxygen atoms in total. The van der Waals surface area contributed by atoms with Crippen LogP contribution in [-0.2, 0) is 17.1 Å². The number of alkyl halides is 6. The maximum absolute atomic E-state index is 12.9. The number of rotatable bonds is 4. The van der Waals surface area contributed by atoms with Crippen molar-refractivity contribution in [3.63, 3.8) is 0 Å². The molecule has 0 fully saturated rings. The summed E-state index contributed by atoms with van der Waals surface area (Å²) in [5.74, 6) is -1.96. The summed E-state index contributed by atoms with van der Waals surface area (Å²) in [6.45, 7) is 1.26. The van der Waals surface area contributed by atoms with E-state index in [2.05, 4.69) is 4.99 Å². The highest BCUT2D eigenvalue weighted by Gasteiger charge is 2.38. The number of aliphatic imine (C=N–C) groups is 1. The molecule has 0 spiro atoms. The van der Waals surface area contributed by atoms with Gasteiger partial charge in [-0.3, -0.25) is 9.59 Å². The monoisotopic (exact) mass is 397 g/mol. The van der Waals surface area contributed by atoms with Crippen molar-refractivity contribution in [2.75, 3.05) is 21.1 Å². The molecule has 1 aromatic rings. The number of hydrogen-bond acceptors (Lipinski definition) is 2. The van der Waals surface area contributed by atoms with E-state index in [1.165, 1.54) is 11.8 Å². The van der Waals surface area contributed by atoms with Crippen molar-refractivity contribution in [2.24, 2.45) is 4.99 Å². The summed E-state index contributed by atoms with van der Waals surface area (Å²) in [6, 6.07) is -0.646. The van der Waals surface area contributed by atoms with E-state index < -0.39 is 46.9 Å². The van der Waals surface area contributed by atoms with Gasteiger partial charge in [0.05, 0.1) is 17.5 Å². The van der Waals surface area contributed by atoms with Crippen molar-refractivity contribution in [3.8, 4) is 0 Å². The van der Waals surface area contributed by atoms with Crippen LogP contribution < -0.4 is 0 Å². The predicted octanol–water partition coefficient (Wildman–Crippen LogP) is 3.30. The molecule has 0 aromatic heterocycles. The molecule has 0 aliphatic heterocycles. The fourth-order valence-electron chi connectivity index (χ4n) is 1.90. The van der Waals surface area contributed by atoms with Gasteiger partial charge >= 0.3 is 12.4 Å². The van der Waals surface area contributed by atoms with Crippen molar-refractivity contribution in [3.05, 3.63) is 34.9 Å². The number of carbonyl (C=O) groups is 2. The Morgan fingerprint density at radius 2 is 1.41 bits per heavy atom. The Bertz CT molecular complexity index is 708. The lowest BCUT2D eigenvalue weighted by Gasteiger charge is -2.23. The molecule has 2 amide bonds. The Labute approximate surface area is 151 Å². The SMILES string of the molecule is CC(C(=O)N=CN(C)C)N(C)C(=O)c1cc(C(F)(F)F)cc(C(F)(F)F)c1. The van der Waals surface area contributed by atoms with E-state index in [4.69, 9.17) is 0 Å². The molecule has 27 heavy (non-hydrogen) atoms. The number of hydrogen-bond donors (Lipinski definition) is 0. The van der Waals surface area contributed by atoms with Crippen molar-refractivity contribution in [2.45, 2.75) is 25.3 Å². The number of nitrogens with zero attached hydrogens (tertiary/aromatic N) is 3. The summed E-state index contributed by atoms with van der Waals surface area (Å²) in [5, 5.41) is 0. The Hall–Kier alpha value is -2.59. The van der Waals surface area contributed by atoms with Gasteiger partial charge in [-0.25, -0.2) is 4.99 Å². The minimum absolute atomic E-state index is 0.0766. The average Bonchev–Trinajstić information content (AvgIpc) is 2.55. The predicted molar refractivity (Wildman–Crippen MR) is 85.2 cm³/mol. The van der Waals surface area contributed by atoms with E-state index in [1.54, 1.807) is 14.1 Å². The Balaban J connectivity index is 3.27. The van der Waals surface area contributed by atoms with E-state index in [0.29, 0.717) is 12.1 Å². The quantitative estimate of drug-likeness (QED) is 0.445. The summed E-state index contributed by atoms with van der Waals surface area (Å²) >= 11 is 0. The molecule has 0 aliphatic rings. The molecule has 0 N–H and O–H groups in total. The number of carbonyl (C=O) groups excluding carboxylic acids is 2. The van der Waals surface area contributed by atoms with Crippen molar-refractivity contribution in [1.29, 1.82) is 0 Å². The fourth-order valence-corrected chi connectivity index (χ4v) is 1.90. The van der Waals surface area contributed by atoms with Gasteiger partial charge in [-0.1, -0.05) is 0 Å². The van der Waals surface area contributed by atoms with E-state index in [9.17, 15) is 35.9 Å². The lowest BCUT2D eigenvalue weighted by Crippen LogP contribution is -2.40. The third-order valence-electron chi connectivity index (χ3n) is 3.51. The first-order chi connectivity index (χ1) is 12.1. The van der Waals surface area contributed by atoms with E-state index in [1.807, 2.05) is 0 Å². The Morgan fingerprint density at radius 1 is 0.963 bits per heavy atom. The fraction of sp³-hybridized carbons (Fsp3) is 0.438. The molecule has 1 unspecified atom stereocenters. The topological polar surface area (TPSA) is 53.0 Å². The van der Waals surface area contributed by atoms with E-state index >= 15 is 0 Å². The van der Waals surface area contributed by atoms with Gasteiger partial charge in [0.25, 0.3) is 11.8 Å². The normalized spacial score (nSPS) is 13.6. The number of likely N-dealkylation sites (N-methyl/N-ethyl adjacent to an activating group) is 1. The largest absolute Gasteiger partial charge is 0.416 e. The highest BCUT2D eigenvalue weighted by molar-refractivity contribution is 5.98. The van der Waals surface area contributed by atoms with Crippen LogP contribution in [0.4, 0.5) is 26.3 Å². The first-order valence-electron chi connectivity index (χ1n) is 7.45. The van der Waals surface area contributed by atoms with Gasteiger partial charge in [-0.05, 0) is 25.1 Å². The molecule has 0 saturated carbocycles. The van der Waals surface area contributed by atoms with Gasteiger partial charge in [0.1, 0.15) is 6.04 Å². The molecular formula is C16H17F6N3O2. The molecule has 1 rings (SSSR count). The molecule has 0 heterocycles. The zero-order valence-corrected chi connectivity index (χ0v) is 14.8.